The number of carboxylic acid groups (broad SMARTS) is 1. The Morgan fingerprint density at radius 3 is 2.54 bits per heavy atom. The van der Waals surface area contributed by atoms with Crippen LogP contribution in [-0.2, 0) is 19.1 Å². The van der Waals surface area contributed by atoms with Gasteiger partial charge in [-0.05, 0) is 12.8 Å². The van der Waals surface area contributed by atoms with Gasteiger partial charge in [-0.2, -0.15) is 0 Å². The molecule has 0 aromatic heterocycles. The maximum Gasteiger partial charge on any atom is 0.407 e. The van der Waals surface area contributed by atoms with Gasteiger partial charge < -0.3 is 20.1 Å². The summed E-state index contributed by atoms with van der Waals surface area (Å²) in [5.41, 5.74) is 0. The van der Waals surface area contributed by atoms with Crippen LogP contribution in [0.3, 0.4) is 0 Å². The van der Waals surface area contributed by atoms with Gasteiger partial charge in [0.1, 0.15) is 12.1 Å². The van der Waals surface area contributed by atoms with Crippen molar-refractivity contribution >= 4 is 34.8 Å². The summed E-state index contributed by atoms with van der Waals surface area (Å²) in [6.07, 6.45) is 0.717. The fraction of sp³-hybridized carbons (Fsp3) is 0.733. The third-order valence-electron chi connectivity index (χ3n) is 3.96. The first-order valence-electron chi connectivity index (χ1n) is 7.91. The molecule has 1 aliphatic carbocycles. The van der Waals surface area contributed by atoms with Crippen LogP contribution in [0.1, 0.15) is 33.1 Å². The molecule has 3 atom stereocenters. The lowest BCUT2D eigenvalue weighted by molar-refractivity contribution is -0.149. The highest BCUT2D eigenvalue weighted by atomic mass is 32.2. The molecule has 0 bridgehead atoms. The number of carbonyl (C=O) groups is 4. The minimum Gasteiger partial charge on any atom is -0.480 e. The molecule has 2 fully saturated rings. The number of nitrogens with zero attached hydrogens (tertiary/aromatic N) is 1. The van der Waals surface area contributed by atoms with E-state index in [4.69, 9.17) is 4.74 Å². The fourth-order valence-corrected chi connectivity index (χ4v) is 3.16. The van der Waals surface area contributed by atoms with E-state index in [0.717, 1.165) is 24.6 Å². The van der Waals surface area contributed by atoms with Gasteiger partial charge in [-0.3, -0.25) is 9.59 Å². The zero-order valence-corrected chi connectivity index (χ0v) is 14.5. The van der Waals surface area contributed by atoms with Crippen molar-refractivity contribution in [2.45, 2.75) is 51.3 Å². The summed E-state index contributed by atoms with van der Waals surface area (Å²) in [6, 6.07) is -0.864. The first kappa shape index (κ1) is 18.6. The van der Waals surface area contributed by atoms with Crippen molar-refractivity contribution in [2.24, 2.45) is 5.92 Å². The number of nitrogens with one attached hydrogen (secondary N) is 1. The van der Waals surface area contributed by atoms with Gasteiger partial charge in [-0.25, -0.2) is 9.59 Å². The Bertz CT molecular complexity index is 536. The van der Waals surface area contributed by atoms with Crippen LogP contribution in [0.15, 0.2) is 0 Å². The highest BCUT2D eigenvalue weighted by molar-refractivity contribution is 8.13. The Morgan fingerprint density at radius 1 is 1.33 bits per heavy atom. The number of thioether (sulfide) groups is 1. The van der Waals surface area contributed by atoms with E-state index in [1.807, 2.05) is 0 Å². The number of rotatable bonds is 6. The molecule has 0 aromatic carbocycles. The van der Waals surface area contributed by atoms with Crippen LogP contribution >= 0.6 is 11.8 Å². The molecule has 2 N–H and O–H groups in total. The molecule has 2 aliphatic rings. The predicted octanol–water partition coefficient (Wildman–Crippen LogP) is 0.845. The average molecular weight is 358 g/mol. The molecule has 1 heterocycles. The first-order chi connectivity index (χ1) is 11.3. The lowest BCUT2D eigenvalue weighted by Gasteiger charge is -2.24. The summed E-state index contributed by atoms with van der Waals surface area (Å²) < 4.78 is 5.23. The monoisotopic (exact) mass is 358 g/mol. The Labute approximate surface area is 144 Å². The summed E-state index contributed by atoms with van der Waals surface area (Å²) in [4.78, 5) is 47.8. The number of carbonyl (C=O) groups excluding carboxylic acids is 3. The van der Waals surface area contributed by atoms with Crippen molar-refractivity contribution in [2.75, 3.05) is 12.3 Å². The third kappa shape index (κ3) is 5.12. The zero-order chi connectivity index (χ0) is 17.9. The summed E-state index contributed by atoms with van der Waals surface area (Å²) in [7, 11) is 0. The maximum atomic E-state index is 12.5. The number of carboxylic acids is 1. The molecule has 0 aromatic rings. The van der Waals surface area contributed by atoms with E-state index in [9.17, 15) is 24.3 Å². The molecule has 8 nitrogen and oxygen atoms in total. The zero-order valence-electron chi connectivity index (χ0n) is 13.7. The highest BCUT2D eigenvalue weighted by Crippen LogP contribution is 2.25. The van der Waals surface area contributed by atoms with Crippen LogP contribution in [0.5, 0.6) is 0 Å². The smallest absolute Gasteiger partial charge is 0.407 e. The molecule has 9 heteroatoms. The highest BCUT2D eigenvalue weighted by Gasteiger charge is 2.42. The normalized spacial score (nSPS) is 24.3. The summed E-state index contributed by atoms with van der Waals surface area (Å²) >= 11 is 1.03. The largest absolute Gasteiger partial charge is 0.480 e. The summed E-state index contributed by atoms with van der Waals surface area (Å²) in [5, 5.41) is 11.9. The molecular formula is C15H22N2O6S. The van der Waals surface area contributed by atoms with Gasteiger partial charge >= 0.3 is 12.1 Å². The number of aliphatic carboxylic acids is 1. The van der Waals surface area contributed by atoms with E-state index in [-0.39, 0.29) is 30.0 Å². The Kier molecular flexibility index (Phi) is 6.09. The van der Waals surface area contributed by atoms with E-state index < -0.39 is 30.1 Å². The molecule has 0 spiro atoms. The van der Waals surface area contributed by atoms with Gasteiger partial charge in [-0.1, -0.05) is 18.7 Å². The molecular weight excluding hydrogens is 336 g/mol. The standard InChI is InChI=1S/C15H22N2O6S/c1-8(7-24-9(2)18)13(19)17-6-11(5-12(17)14(20)21)23-15(22)16-10-3-4-10/h8,10-12H,3-7H2,1-2H3,(H,16,22)(H,20,21)/t8?,11-,12+/m1/s1. The van der Waals surface area contributed by atoms with Gasteiger partial charge in [0, 0.05) is 31.1 Å². The van der Waals surface area contributed by atoms with Crippen LogP contribution in [0.4, 0.5) is 4.79 Å². The van der Waals surface area contributed by atoms with E-state index in [2.05, 4.69) is 5.32 Å². The third-order valence-corrected chi connectivity index (χ3v) is 5.04. The molecule has 134 valence electrons. The second-order valence-electron chi connectivity index (χ2n) is 6.23. The second-order valence-corrected chi connectivity index (χ2v) is 7.43. The lowest BCUT2D eigenvalue weighted by Crippen LogP contribution is -2.43. The van der Waals surface area contributed by atoms with E-state index in [0.29, 0.717) is 5.75 Å². The molecule has 24 heavy (non-hydrogen) atoms. The van der Waals surface area contributed by atoms with Crippen molar-refractivity contribution < 1.29 is 29.0 Å². The fourth-order valence-electron chi connectivity index (χ4n) is 2.54. The molecule has 1 saturated carbocycles. The summed E-state index contributed by atoms with van der Waals surface area (Å²) in [5.74, 6) is -1.65. The van der Waals surface area contributed by atoms with Gasteiger partial charge in [0.15, 0.2) is 5.12 Å². The summed E-state index contributed by atoms with van der Waals surface area (Å²) in [6.45, 7) is 3.13. The minimum absolute atomic E-state index is 0.0585. The molecule has 2 rings (SSSR count). The Hall–Kier alpha value is -1.77. The first-order valence-corrected chi connectivity index (χ1v) is 8.90. The van der Waals surface area contributed by atoms with Gasteiger partial charge in [-0.15, -0.1) is 0 Å². The number of likely N-dealkylation sites (tertiary alicyclic amines) is 1. The van der Waals surface area contributed by atoms with Crippen molar-refractivity contribution in [1.82, 2.24) is 10.2 Å². The topological polar surface area (TPSA) is 113 Å². The number of hydrogen-bond donors (Lipinski definition) is 2. The van der Waals surface area contributed by atoms with E-state index in [1.165, 1.54) is 11.8 Å². The quantitative estimate of drug-likeness (QED) is 0.723. The lowest BCUT2D eigenvalue weighted by atomic mass is 10.1. The van der Waals surface area contributed by atoms with Crippen LogP contribution in [0, 0.1) is 5.92 Å². The Balaban J connectivity index is 1.93. The molecule has 1 unspecified atom stereocenters. The molecule has 0 radical (unpaired) electrons. The second kappa shape index (κ2) is 7.87. The van der Waals surface area contributed by atoms with Crippen molar-refractivity contribution in [1.29, 1.82) is 0 Å². The average Bonchev–Trinajstić information content (AvgIpc) is 3.20. The maximum absolute atomic E-state index is 12.5. The van der Waals surface area contributed by atoms with Crippen LogP contribution in [0.25, 0.3) is 0 Å². The minimum atomic E-state index is -1.12. The van der Waals surface area contributed by atoms with E-state index in [1.54, 1.807) is 6.92 Å². The molecule has 1 saturated heterocycles. The van der Waals surface area contributed by atoms with Crippen molar-refractivity contribution in [3.8, 4) is 0 Å². The molecule has 1 aliphatic heterocycles. The number of hydrogen-bond acceptors (Lipinski definition) is 6. The van der Waals surface area contributed by atoms with Gasteiger partial charge in [0.25, 0.3) is 0 Å². The molecule has 2 amide bonds. The van der Waals surface area contributed by atoms with Crippen molar-refractivity contribution in [3.63, 3.8) is 0 Å². The SMILES string of the molecule is CC(=O)SCC(C)C(=O)N1C[C@H](OC(=O)NC2CC2)C[C@H]1C(=O)O. The number of amides is 2. The van der Waals surface area contributed by atoms with E-state index >= 15 is 0 Å². The van der Waals surface area contributed by atoms with Gasteiger partial charge in [0.05, 0.1) is 6.54 Å². The predicted molar refractivity (Wildman–Crippen MR) is 86.5 cm³/mol. The number of ether oxygens (including phenoxy) is 1. The Morgan fingerprint density at radius 2 is 2.00 bits per heavy atom. The van der Waals surface area contributed by atoms with Crippen LogP contribution in [0.2, 0.25) is 0 Å². The van der Waals surface area contributed by atoms with Crippen molar-refractivity contribution in [3.05, 3.63) is 0 Å². The van der Waals surface area contributed by atoms with Crippen LogP contribution < -0.4 is 5.32 Å². The van der Waals surface area contributed by atoms with Crippen LogP contribution in [-0.4, -0.2) is 63.6 Å². The van der Waals surface area contributed by atoms with Gasteiger partial charge in [0.2, 0.25) is 5.91 Å². The number of alkyl carbamates (subject to hydrolysis) is 1.